The maximum absolute atomic E-state index is 11.7. The fraction of sp³-hybridized carbons (Fsp3) is 0.833. The highest BCUT2D eigenvalue weighted by Crippen LogP contribution is 2.36. The molecule has 0 aromatic carbocycles. The van der Waals surface area contributed by atoms with E-state index in [-0.39, 0.29) is 11.8 Å². The van der Waals surface area contributed by atoms with Crippen LogP contribution in [-0.2, 0) is 14.3 Å². The number of hydrogen-bond acceptors (Lipinski definition) is 3. The van der Waals surface area contributed by atoms with E-state index in [0.29, 0.717) is 25.4 Å². The minimum absolute atomic E-state index is 0.0582. The average molecular weight is 212 g/mol. The summed E-state index contributed by atoms with van der Waals surface area (Å²) in [6.07, 6.45) is 4.33. The zero-order valence-corrected chi connectivity index (χ0v) is 9.62. The first-order valence-electron chi connectivity index (χ1n) is 5.88. The summed E-state index contributed by atoms with van der Waals surface area (Å²) in [4.78, 5) is 23.3. The van der Waals surface area contributed by atoms with Crippen molar-refractivity contribution in [2.24, 2.45) is 11.8 Å². The Morgan fingerprint density at radius 3 is 2.47 bits per heavy atom. The summed E-state index contributed by atoms with van der Waals surface area (Å²) < 4.78 is 4.94. The third kappa shape index (κ3) is 4.02. The summed E-state index contributed by atoms with van der Waals surface area (Å²) in [5.41, 5.74) is 0. The zero-order valence-electron chi connectivity index (χ0n) is 9.62. The monoisotopic (exact) mass is 212 g/mol. The van der Waals surface area contributed by atoms with Crippen LogP contribution >= 0.6 is 0 Å². The number of ether oxygens (including phenoxy) is 1. The second kappa shape index (κ2) is 5.89. The molecule has 0 aromatic heterocycles. The van der Waals surface area contributed by atoms with Crippen molar-refractivity contribution in [1.82, 2.24) is 0 Å². The zero-order chi connectivity index (χ0) is 11.3. The van der Waals surface area contributed by atoms with Gasteiger partial charge in [-0.3, -0.25) is 9.59 Å². The minimum atomic E-state index is -0.489. The Labute approximate surface area is 91.2 Å². The second-order valence-corrected chi connectivity index (χ2v) is 4.20. The molecule has 15 heavy (non-hydrogen) atoms. The van der Waals surface area contributed by atoms with Gasteiger partial charge in [0, 0.05) is 6.42 Å². The number of Topliss-reactive ketones (excluding diaryl/α,β-unsaturated/α-hetero) is 1. The van der Waals surface area contributed by atoms with Crippen LogP contribution in [0.25, 0.3) is 0 Å². The van der Waals surface area contributed by atoms with Gasteiger partial charge in [-0.15, -0.1) is 0 Å². The SMILES string of the molecule is CCCC(=O)C(CC1CC1)C(=O)OCC. The number of hydrogen-bond donors (Lipinski definition) is 0. The van der Waals surface area contributed by atoms with E-state index in [1.807, 2.05) is 6.92 Å². The molecule has 86 valence electrons. The fourth-order valence-corrected chi connectivity index (χ4v) is 1.71. The van der Waals surface area contributed by atoms with E-state index in [9.17, 15) is 9.59 Å². The van der Waals surface area contributed by atoms with E-state index in [4.69, 9.17) is 4.74 Å². The molecule has 0 spiro atoms. The molecule has 1 fully saturated rings. The maximum Gasteiger partial charge on any atom is 0.316 e. The van der Waals surface area contributed by atoms with Crippen molar-refractivity contribution in [2.75, 3.05) is 6.61 Å². The number of carbonyl (C=O) groups is 2. The molecule has 0 N–H and O–H groups in total. The molecule has 0 amide bonds. The summed E-state index contributed by atoms with van der Waals surface area (Å²) in [5, 5.41) is 0. The number of rotatable bonds is 7. The van der Waals surface area contributed by atoms with Crippen LogP contribution in [0.1, 0.15) is 46.0 Å². The topological polar surface area (TPSA) is 43.4 Å². The molecule has 0 bridgehead atoms. The highest BCUT2D eigenvalue weighted by molar-refractivity contribution is 5.98. The number of carbonyl (C=O) groups excluding carboxylic acids is 2. The van der Waals surface area contributed by atoms with E-state index >= 15 is 0 Å². The number of esters is 1. The highest BCUT2D eigenvalue weighted by atomic mass is 16.5. The molecule has 0 aromatic rings. The van der Waals surface area contributed by atoms with Crippen molar-refractivity contribution < 1.29 is 14.3 Å². The largest absolute Gasteiger partial charge is 0.465 e. The van der Waals surface area contributed by atoms with Crippen LogP contribution < -0.4 is 0 Å². The summed E-state index contributed by atoms with van der Waals surface area (Å²) in [6.45, 7) is 4.09. The van der Waals surface area contributed by atoms with Crippen molar-refractivity contribution >= 4 is 11.8 Å². The van der Waals surface area contributed by atoms with Crippen molar-refractivity contribution in [3.8, 4) is 0 Å². The lowest BCUT2D eigenvalue weighted by Gasteiger charge is -2.13. The second-order valence-electron chi connectivity index (χ2n) is 4.20. The predicted molar refractivity (Wildman–Crippen MR) is 57.4 cm³/mol. The Morgan fingerprint density at radius 2 is 2.00 bits per heavy atom. The summed E-state index contributed by atoms with van der Waals surface area (Å²) in [6, 6.07) is 0. The van der Waals surface area contributed by atoms with Gasteiger partial charge in [0.1, 0.15) is 11.7 Å². The van der Waals surface area contributed by atoms with E-state index in [1.54, 1.807) is 6.92 Å². The summed E-state index contributed by atoms with van der Waals surface area (Å²) in [5.74, 6) is -0.164. The van der Waals surface area contributed by atoms with E-state index in [2.05, 4.69) is 0 Å². The van der Waals surface area contributed by atoms with Gasteiger partial charge in [-0.1, -0.05) is 19.8 Å². The van der Waals surface area contributed by atoms with Crippen LogP contribution in [0.15, 0.2) is 0 Å². The van der Waals surface area contributed by atoms with Gasteiger partial charge in [-0.05, 0) is 25.7 Å². The van der Waals surface area contributed by atoms with Gasteiger partial charge in [-0.2, -0.15) is 0 Å². The predicted octanol–water partition coefficient (Wildman–Crippen LogP) is 2.33. The smallest absolute Gasteiger partial charge is 0.316 e. The van der Waals surface area contributed by atoms with Crippen molar-refractivity contribution in [3.63, 3.8) is 0 Å². The Bertz CT molecular complexity index is 213. The van der Waals surface area contributed by atoms with Crippen LogP contribution in [0.3, 0.4) is 0 Å². The Hall–Kier alpha value is -0.860. The van der Waals surface area contributed by atoms with Gasteiger partial charge in [0.2, 0.25) is 0 Å². The van der Waals surface area contributed by atoms with Crippen LogP contribution in [0, 0.1) is 11.8 Å². The molecule has 1 atom stereocenters. The molecule has 0 radical (unpaired) electrons. The normalized spacial score (nSPS) is 17.2. The van der Waals surface area contributed by atoms with E-state index < -0.39 is 5.92 Å². The lowest BCUT2D eigenvalue weighted by Crippen LogP contribution is -2.26. The molecule has 3 nitrogen and oxygen atoms in total. The molecule has 1 unspecified atom stereocenters. The molecule has 1 saturated carbocycles. The van der Waals surface area contributed by atoms with Crippen molar-refractivity contribution in [1.29, 1.82) is 0 Å². The molecule has 1 aliphatic rings. The Balaban J connectivity index is 2.49. The minimum Gasteiger partial charge on any atom is -0.465 e. The van der Waals surface area contributed by atoms with Gasteiger partial charge in [0.15, 0.2) is 0 Å². The molecular weight excluding hydrogens is 192 g/mol. The van der Waals surface area contributed by atoms with E-state index in [1.165, 1.54) is 0 Å². The quantitative estimate of drug-likeness (QED) is 0.480. The third-order valence-corrected chi connectivity index (χ3v) is 2.72. The van der Waals surface area contributed by atoms with Crippen molar-refractivity contribution in [3.05, 3.63) is 0 Å². The molecule has 1 rings (SSSR count). The fourth-order valence-electron chi connectivity index (χ4n) is 1.71. The van der Waals surface area contributed by atoms with Crippen molar-refractivity contribution in [2.45, 2.75) is 46.0 Å². The first-order valence-corrected chi connectivity index (χ1v) is 5.88. The van der Waals surface area contributed by atoms with Gasteiger partial charge in [0.25, 0.3) is 0 Å². The van der Waals surface area contributed by atoms with Gasteiger partial charge < -0.3 is 4.74 Å². The van der Waals surface area contributed by atoms with Crippen LogP contribution in [0.4, 0.5) is 0 Å². The van der Waals surface area contributed by atoms with E-state index in [0.717, 1.165) is 19.3 Å². The van der Waals surface area contributed by atoms with Gasteiger partial charge in [0.05, 0.1) is 6.61 Å². The molecule has 0 aliphatic heterocycles. The molecule has 3 heteroatoms. The number of ketones is 1. The lowest BCUT2D eigenvalue weighted by atomic mass is 9.95. The molecular formula is C12H20O3. The average Bonchev–Trinajstić information content (AvgIpc) is 2.98. The summed E-state index contributed by atoms with van der Waals surface area (Å²) >= 11 is 0. The molecule has 0 saturated heterocycles. The van der Waals surface area contributed by atoms with Gasteiger partial charge in [-0.25, -0.2) is 0 Å². The van der Waals surface area contributed by atoms with Crippen LogP contribution in [0.5, 0.6) is 0 Å². The molecule has 0 heterocycles. The first-order chi connectivity index (χ1) is 7.19. The third-order valence-electron chi connectivity index (χ3n) is 2.72. The van der Waals surface area contributed by atoms with Crippen LogP contribution in [-0.4, -0.2) is 18.4 Å². The van der Waals surface area contributed by atoms with Crippen LogP contribution in [0.2, 0.25) is 0 Å². The standard InChI is InChI=1S/C12H20O3/c1-3-5-11(13)10(8-9-6-7-9)12(14)15-4-2/h9-10H,3-8H2,1-2H3. The Kier molecular flexibility index (Phi) is 4.79. The lowest BCUT2D eigenvalue weighted by molar-refractivity contribution is -0.152. The molecule has 1 aliphatic carbocycles. The highest BCUT2D eigenvalue weighted by Gasteiger charge is 2.34. The summed E-state index contributed by atoms with van der Waals surface area (Å²) in [7, 11) is 0. The maximum atomic E-state index is 11.7. The van der Waals surface area contributed by atoms with Gasteiger partial charge >= 0.3 is 5.97 Å². The Morgan fingerprint density at radius 1 is 1.33 bits per heavy atom. The first kappa shape index (κ1) is 12.2.